The molecule has 0 aliphatic heterocycles. The van der Waals surface area contributed by atoms with Gasteiger partial charge in [0, 0.05) is 11.4 Å². The number of nitrogens with one attached hydrogen (secondary N) is 1. The summed E-state index contributed by atoms with van der Waals surface area (Å²) in [6.45, 7) is 8.11. The van der Waals surface area contributed by atoms with E-state index in [4.69, 9.17) is 0 Å². The highest BCUT2D eigenvalue weighted by molar-refractivity contribution is 7.12. The number of halogens is 1. The summed E-state index contributed by atoms with van der Waals surface area (Å²) < 4.78 is 12.9. The van der Waals surface area contributed by atoms with Gasteiger partial charge in [-0.2, -0.15) is 0 Å². The molecule has 0 aliphatic rings. The van der Waals surface area contributed by atoms with Gasteiger partial charge in [-0.25, -0.2) is 9.37 Å². The molecule has 1 N–H and O–H groups in total. The Bertz CT molecular complexity index is 534. The maximum absolute atomic E-state index is 12.9. The SMILES string of the molecule is Cc1sc(CNCC(C)C)nc1-c1ccc(F)cn1. The van der Waals surface area contributed by atoms with Gasteiger partial charge in [0.2, 0.25) is 0 Å². The Morgan fingerprint density at radius 1 is 1.37 bits per heavy atom. The first-order valence-corrected chi connectivity index (χ1v) is 7.17. The van der Waals surface area contributed by atoms with E-state index in [2.05, 4.69) is 29.1 Å². The van der Waals surface area contributed by atoms with Crippen LogP contribution in [-0.2, 0) is 6.54 Å². The number of rotatable bonds is 5. The van der Waals surface area contributed by atoms with Crippen molar-refractivity contribution >= 4 is 11.3 Å². The second-order valence-corrected chi connectivity index (χ2v) is 6.19. The largest absolute Gasteiger partial charge is 0.310 e. The van der Waals surface area contributed by atoms with E-state index >= 15 is 0 Å². The zero-order valence-electron chi connectivity index (χ0n) is 11.4. The van der Waals surface area contributed by atoms with E-state index in [1.54, 1.807) is 17.4 Å². The van der Waals surface area contributed by atoms with Gasteiger partial charge >= 0.3 is 0 Å². The summed E-state index contributed by atoms with van der Waals surface area (Å²) in [6.07, 6.45) is 1.23. The number of hydrogen-bond acceptors (Lipinski definition) is 4. The van der Waals surface area contributed by atoms with Gasteiger partial charge in [-0.3, -0.25) is 4.98 Å². The first-order valence-electron chi connectivity index (χ1n) is 6.35. The average molecular weight is 279 g/mol. The predicted octanol–water partition coefficient (Wildman–Crippen LogP) is 3.40. The molecular weight excluding hydrogens is 261 g/mol. The van der Waals surface area contributed by atoms with E-state index in [0.717, 1.165) is 34.4 Å². The summed E-state index contributed by atoms with van der Waals surface area (Å²) in [6, 6.07) is 3.08. The van der Waals surface area contributed by atoms with Gasteiger partial charge in [0.1, 0.15) is 16.5 Å². The Morgan fingerprint density at radius 3 is 2.79 bits per heavy atom. The molecule has 0 atom stereocenters. The quantitative estimate of drug-likeness (QED) is 0.911. The lowest BCUT2D eigenvalue weighted by Crippen LogP contribution is -2.18. The Morgan fingerprint density at radius 2 is 2.16 bits per heavy atom. The van der Waals surface area contributed by atoms with Gasteiger partial charge in [0.25, 0.3) is 0 Å². The fourth-order valence-electron chi connectivity index (χ4n) is 1.75. The van der Waals surface area contributed by atoms with Gasteiger partial charge in [-0.15, -0.1) is 11.3 Å². The number of thiazole rings is 1. The summed E-state index contributed by atoms with van der Waals surface area (Å²) in [5, 5.41) is 4.41. The molecule has 2 heterocycles. The Balaban J connectivity index is 2.10. The minimum absolute atomic E-state index is 0.324. The summed E-state index contributed by atoms with van der Waals surface area (Å²) >= 11 is 1.66. The lowest BCUT2D eigenvalue weighted by atomic mass is 10.2. The maximum Gasteiger partial charge on any atom is 0.141 e. The molecule has 3 nitrogen and oxygen atoms in total. The fourth-order valence-corrected chi connectivity index (χ4v) is 2.66. The molecule has 0 saturated carbocycles. The third-order valence-electron chi connectivity index (χ3n) is 2.64. The molecule has 0 unspecified atom stereocenters. The Hall–Kier alpha value is -1.33. The first kappa shape index (κ1) is 14.1. The van der Waals surface area contributed by atoms with Crippen molar-refractivity contribution in [1.29, 1.82) is 0 Å². The molecule has 0 spiro atoms. The van der Waals surface area contributed by atoms with Crippen LogP contribution in [0.15, 0.2) is 18.3 Å². The van der Waals surface area contributed by atoms with Crippen molar-refractivity contribution in [3.05, 3.63) is 34.0 Å². The highest BCUT2D eigenvalue weighted by Gasteiger charge is 2.11. The molecular formula is C14H18FN3S. The van der Waals surface area contributed by atoms with E-state index in [-0.39, 0.29) is 5.82 Å². The maximum atomic E-state index is 12.9. The van der Waals surface area contributed by atoms with Crippen molar-refractivity contribution < 1.29 is 4.39 Å². The van der Waals surface area contributed by atoms with Gasteiger partial charge < -0.3 is 5.32 Å². The number of pyridine rings is 1. The van der Waals surface area contributed by atoms with Crippen LogP contribution in [0.5, 0.6) is 0 Å². The average Bonchev–Trinajstić information content (AvgIpc) is 2.71. The zero-order valence-corrected chi connectivity index (χ0v) is 12.2. The Kier molecular flexibility index (Phi) is 4.61. The normalized spacial score (nSPS) is 11.2. The topological polar surface area (TPSA) is 37.8 Å². The van der Waals surface area contributed by atoms with E-state index in [1.165, 1.54) is 12.3 Å². The lowest BCUT2D eigenvalue weighted by molar-refractivity contribution is 0.551. The standard InChI is InChI=1S/C14H18FN3S/c1-9(2)6-16-8-13-18-14(10(3)19-13)12-5-4-11(15)7-17-12/h4-5,7,9,16H,6,8H2,1-3H3. The second kappa shape index (κ2) is 6.21. The summed E-state index contributed by atoms with van der Waals surface area (Å²) in [7, 11) is 0. The molecule has 0 fully saturated rings. The van der Waals surface area contributed by atoms with Crippen LogP contribution in [-0.4, -0.2) is 16.5 Å². The third kappa shape index (κ3) is 3.81. The smallest absolute Gasteiger partial charge is 0.141 e. The summed E-state index contributed by atoms with van der Waals surface area (Å²) in [5.41, 5.74) is 1.58. The van der Waals surface area contributed by atoms with E-state index < -0.39 is 0 Å². The number of aryl methyl sites for hydroxylation is 1. The fraction of sp³-hybridized carbons (Fsp3) is 0.429. The monoisotopic (exact) mass is 279 g/mol. The lowest BCUT2D eigenvalue weighted by Gasteiger charge is -2.04. The third-order valence-corrected chi connectivity index (χ3v) is 3.61. The van der Waals surface area contributed by atoms with Crippen LogP contribution in [0.1, 0.15) is 23.7 Å². The number of hydrogen-bond donors (Lipinski definition) is 1. The molecule has 102 valence electrons. The first-order chi connectivity index (χ1) is 9.06. The molecule has 2 aromatic heterocycles. The zero-order chi connectivity index (χ0) is 13.8. The van der Waals surface area contributed by atoms with Crippen LogP contribution in [0.25, 0.3) is 11.4 Å². The van der Waals surface area contributed by atoms with Gasteiger partial charge in [0.05, 0.1) is 11.9 Å². The van der Waals surface area contributed by atoms with Crippen molar-refractivity contribution in [3.63, 3.8) is 0 Å². The van der Waals surface area contributed by atoms with E-state index in [0.29, 0.717) is 5.92 Å². The van der Waals surface area contributed by atoms with Crippen LogP contribution in [0.4, 0.5) is 4.39 Å². The van der Waals surface area contributed by atoms with Crippen LogP contribution >= 0.6 is 11.3 Å². The summed E-state index contributed by atoms with van der Waals surface area (Å²) in [4.78, 5) is 9.77. The van der Waals surface area contributed by atoms with Gasteiger partial charge in [0.15, 0.2) is 0 Å². The molecule has 0 amide bonds. The van der Waals surface area contributed by atoms with Crippen molar-refractivity contribution in [1.82, 2.24) is 15.3 Å². The molecule has 2 rings (SSSR count). The minimum atomic E-state index is -0.324. The van der Waals surface area contributed by atoms with Crippen molar-refractivity contribution in [2.24, 2.45) is 5.92 Å². The van der Waals surface area contributed by atoms with Gasteiger partial charge in [-0.1, -0.05) is 13.8 Å². The van der Waals surface area contributed by atoms with E-state index in [9.17, 15) is 4.39 Å². The van der Waals surface area contributed by atoms with Crippen molar-refractivity contribution in [2.75, 3.05) is 6.54 Å². The molecule has 0 bridgehead atoms. The number of nitrogens with zero attached hydrogens (tertiary/aromatic N) is 2. The van der Waals surface area contributed by atoms with E-state index in [1.807, 2.05) is 6.92 Å². The van der Waals surface area contributed by atoms with Crippen molar-refractivity contribution in [2.45, 2.75) is 27.3 Å². The van der Waals surface area contributed by atoms with Crippen LogP contribution < -0.4 is 5.32 Å². The predicted molar refractivity (Wildman–Crippen MR) is 76.6 cm³/mol. The second-order valence-electron chi connectivity index (χ2n) is 4.90. The molecule has 0 aliphatic carbocycles. The number of aromatic nitrogens is 2. The Labute approximate surface area is 116 Å². The van der Waals surface area contributed by atoms with Crippen LogP contribution in [0, 0.1) is 18.7 Å². The van der Waals surface area contributed by atoms with Crippen LogP contribution in [0.2, 0.25) is 0 Å². The molecule has 0 saturated heterocycles. The van der Waals surface area contributed by atoms with Gasteiger partial charge in [-0.05, 0) is 31.5 Å². The van der Waals surface area contributed by atoms with Crippen LogP contribution in [0.3, 0.4) is 0 Å². The molecule has 19 heavy (non-hydrogen) atoms. The highest BCUT2D eigenvalue weighted by Crippen LogP contribution is 2.26. The molecule has 2 aromatic rings. The summed E-state index contributed by atoms with van der Waals surface area (Å²) in [5.74, 6) is 0.301. The molecule has 0 aromatic carbocycles. The highest BCUT2D eigenvalue weighted by atomic mass is 32.1. The molecule has 0 radical (unpaired) electrons. The molecule has 5 heteroatoms. The van der Waals surface area contributed by atoms with Crippen molar-refractivity contribution in [3.8, 4) is 11.4 Å². The minimum Gasteiger partial charge on any atom is -0.310 e.